The molecule has 8 heteroatoms. The molecule has 1 heterocycles. The van der Waals surface area contributed by atoms with Crippen molar-refractivity contribution >= 4 is 23.2 Å². The second-order valence-corrected chi connectivity index (χ2v) is 5.21. The molecule has 0 saturated heterocycles. The first-order valence-corrected chi connectivity index (χ1v) is 6.12. The predicted molar refractivity (Wildman–Crippen MR) is 66.6 cm³/mol. The third kappa shape index (κ3) is 2.06. The Bertz CT molecular complexity index is 564. The van der Waals surface area contributed by atoms with Gasteiger partial charge in [-0.2, -0.15) is 18.2 Å². The van der Waals surface area contributed by atoms with E-state index in [4.69, 9.17) is 11.6 Å². The first-order valence-electron chi connectivity index (χ1n) is 5.75. The Hall–Kier alpha value is -1.31. The van der Waals surface area contributed by atoms with Gasteiger partial charge in [-0.05, 0) is 32.0 Å². The Morgan fingerprint density at radius 2 is 2.05 bits per heavy atom. The van der Waals surface area contributed by atoms with Crippen molar-refractivity contribution < 1.29 is 23.2 Å². The van der Waals surface area contributed by atoms with Gasteiger partial charge >= 0.3 is 6.18 Å². The van der Waals surface area contributed by atoms with E-state index < -0.39 is 23.7 Å². The van der Waals surface area contributed by atoms with Crippen LogP contribution in [0.5, 0.6) is 0 Å². The number of benzene rings is 1. The molecule has 1 aromatic rings. The van der Waals surface area contributed by atoms with E-state index in [2.05, 4.69) is 5.32 Å². The number of nitrogens with one attached hydrogen (secondary N) is 1. The van der Waals surface area contributed by atoms with Gasteiger partial charge in [0.05, 0.1) is 0 Å². The van der Waals surface area contributed by atoms with Gasteiger partial charge in [0.25, 0.3) is 0 Å². The molecule has 0 aromatic heterocycles. The van der Waals surface area contributed by atoms with Crippen molar-refractivity contribution in [3.05, 3.63) is 28.8 Å². The number of carbonyl (C=O) groups is 1. The van der Waals surface area contributed by atoms with Crippen molar-refractivity contribution in [1.29, 1.82) is 0 Å². The molecule has 1 aromatic carbocycles. The highest BCUT2D eigenvalue weighted by Crippen LogP contribution is 2.48. The fourth-order valence-electron chi connectivity index (χ4n) is 2.17. The molecule has 4 nitrogen and oxygen atoms in total. The van der Waals surface area contributed by atoms with Crippen LogP contribution in [-0.2, 0) is 10.3 Å². The lowest BCUT2D eigenvalue weighted by Gasteiger charge is -2.39. The summed E-state index contributed by atoms with van der Waals surface area (Å²) in [5.41, 5.74) is -3.08. The SMILES string of the molecule is C[C@@H]1C(=O)Nc2ccc(Cl)cc2C(C)(C(F)(F)F)N1O. The number of alkyl halides is 3. The largest absolute Gasteiger partial charge is 0.413 e. The zero-order valence-corrected chi connectivity index (χ0v) is 11.4. The van der Waals surface area contributed by atoms with Gasteiger partial charge in [-0.3, -0.25) is 4.79 Å². The van der Waals surface area contributed by atoms with Crippen molar-refractivity contribution in [2.45, 2.75) is 31.6 Å². The fraction of sp³-hybridized carbons (Fsp3) is 0.417. The number of anilines is 1. The summed E-state index contributed by atoms with van der Waals surface area (Å²) >= 11 is 5.75. The van der Waals surface area contributed by atoms with E-state index in [1.165, 1.54) is 19.1 Å². The number of fused-ring (bicyclic) bond motifs is 1. The van der Waals surface area contributed by atoms with E-state index in [9.17, 15) is 23.2 Å². The molecule has 0 aliphatic carbocycles. The molecule has 0 fully saturated rings. The van der Waals surface area contributed by atoms with Crippen LogP contribution in [-0.4, -0.2) is 28.4 Å². The highest BCUT2D eigenvalue weighted by Gasteiger charge is 2.60. The fourth-order valence-corrected chi connectivity index (χ4v) is 2.34. The van der Waals surface area contributed by atoms with Crippen LogP contribution < -0.4 is 5.32 Å². The van der Waals surface area contributed by atoms with Crippen molar-refractivity contribution in [3.8, 4) is 0 Å². The highest BCUT2D eigenvalue weighted by molar-refractivity contribution is 6.30. The number of halogens is 4. The van der Waals surface area contributed by atoms with Crippen LogP contribution >= 0.6 is 11.6 Å². The van der Waals surface area contributed by atoms with E-state index in [-0.39, 0.29) is 21.3 Å². The molecule has 0 spiro atoms. The van der Waals surface area contributed by atoms with Crippen molar-refractivity contribution in [2.24, 2.45) is 0 Å². The van der Waals surface area contributed by atoms with E-state index >= 15 is 0 Å². The molecule has 20 heavy (non-hydrogen) atoms. The quantitative estimate of drug-likeness (QED) is 0.774. The zero-order chi connectivity index (χ0) is 15.3. The van der Waals surface area contributed by atoms with Crippen LogP contribution in [0.3, 0.4) is 0 Å². The summed E-state index contributed by atoms with van der Waals surface area (Å²) in [6, 6.07) is 2.37. The number of hydrogen-bond donors (Lipinski definition) is 2. The molecule has 110 valence electrons. The second-order valence-electron chi connectivity index (χ2n) is 4.77. The molecule has 1 aliphatic heterocycles. The van der Waals surface area contributed by atoms with Gasteiger partial charge < -0.3 is 10.5 Å². The van der Waals surface area contributed by atoms with Crippen LogP contribution in [0.25, 0.3) is 0 Å². The normalized spacial score (nSPS) is 27.8. The highest BCUT2D eigenvalue weighted by atomic mass is 35.5. The lowest BCUT2D eigenvalue weighted by molar-refractivity contribution is -0.310. The number of carbonyl (C=O) groups excluding carboxylic acids is 1. The molecule has 2 rings (SSSR count). The van der Waals surface area contributed by atoms with Crippen molar-refractivity contribution in [2.75, 3.05) is 5.32 Å². The maximum atomic E-state index is 13.5. The minimum absolute atomic E-state index is 0.0183. The third-order valence-electron chi connectivity index (χ3n) is 3.52. The Kier molecular flexibility index (Phi) is 3.48. The van der Waals surface area contributed by atoms with Gasteiger partial charge in [0.1, 0.15) is 6.04 Å². The van der Waals surface area contributed by atoms with Gasteiger partial charge in [-0.15, -0.1) is 0 Å². The third-order valence-corrected chi connectivity index (χ3v) is 3.76. The first kappa shape index (κ1) is 15.1. The molecule has 0 bridgehead atoms. The first-order chi connectivity index (χ1) is 9.09. The predicted octanol–water partition coefficient (Wildman–Crippen LogP) is 3.15. The van der Waals surface area contributed by atoms with E-state index in [1.807, 2.05) is 0 Å². The maximum Gasteiger partial charge on any atom is 0.413 e. The van der Waals surface area contributed by atoms with Crippen LogP contribution in [0, 0.1) is 0 Å². The number of hydroxylamine groups is 2. The minimum Gasteiger partial charge on any atom is -0.324 e. The van der Waals surface area contributed by atoms with Crippen LogP contribution in [0.15, 0.2) is 18.2 Å². The van der Waals surface area contributed by atoms with Crippen LogP contribution in [0.4, 0.5) is 18.9 Å². The number of rotatable bonds is 0. The van der Waals surface area contributed by atoms with E-state index in [1.54, 1.807) is 0 Å². The maximum absolute atomic E-state index is 13.5. The minimum atomic E-state index is -4.80. The zero-order valence-electron chi connectivity index (χ0n) is 10.6. The van der Waals surface area contributed by atoms with Crippen LogP contribution in [0.2, 0.25) is 5.02 Å². The Morgan fingerprint density at radius 1 is 1.45 bits per heavy atom. The Balaban J connectivity index is 2.77. The summed E-state index contributed by atoms with van der Waals surface area (Å²) in [5, 5.41) is 12.4. The van der Waals surface area contributed by atoms with Gasteiger partial charge in [-0.25, -0.2) is 0 Å². The summed E-state index contributed by atoms with van der Waals surface area (Å²) in [4.78, 5) is 11.8. The second kappa shape index (κ2) is 4.61. The van der Waals surface area contributed by atoms with Crippen molar-refractivity contribution in [1.82, 2.24) is 5.06 Å². The Morgan fingerprint density at radius 3 is 2.60 bits per heavy atom. The standard InChI is InChI=1S/C12H12ClF3N2O2/c1-6-10(19)17-9-4-3-7(13)5-8(9)11(2,18(6)20)12(14,15)16/h3-6,20H,1-2H3,(H,17,19)/t6-,11?/m1/s1. The number of nitrogens with zero attached hydrogens (tertiary/aromatic N) is 1. The lowest BCUT2D eigenvalue weighted by atomic mass is 9.89. The summed E-state index contributed by atoms with van der Waals surface area (Å²) in [5.74, 6) is -0.732. The average Bonchev–Trinajstić information content (AvgIpc) is 2.42. The number of amides is 1. The summed E-state index contributed by atoms with van der Waals surface area (Å²) in [6.07, 6.45) is -4.80. The molecule has 0 radical (unpaired) electrons. The lowest BCUT2D eigenvalue weighted by Crippen LogP contribution is -2.56. The summed E-state index contributed by atoms with van der Waals surface area (Å²) < 4.78 is 40.5. The molecule has 1 aliphatic rings. The van der Waals surface area contributed by atoms with Gasteiger partial charge in [0.15, 0.2) is 5.54 Å². The molecule has 2 N–H and O–H groups in total. The molecule has 1 amide bonds. The van der Waals surface area contributed by atoms with Crippen LogP contribution in [0.1, 0.15) is 19.4 Å². The van der Waals surface area contributed by atoms with E-state index in [0.29, 0.717) is 0 Å². The topological polar surface area (TPSA) is 52.6 Å². The molecule has 0 saturated carbocycles. The monoisotopic (exact) mass is 308 g/mol. The summed E-state index contributed by atoms with van der Waals surface area (Å²) in [7, 11) is 0. The average molecular weight is 309 g/mol. The van der Waals surface area contributed by atoms with Gasteiger partial charge in [0, 0.05) is 16.3 Å². The Labute approximate surface area is 118 Å². The smallest absolute Gasteiger partial charge is 0.324 e. The summed E-state index contributed by atoms with van der Waals surface area (Å²) in [6.45, 7) is 1.99. The van der Waals surface area contributed by atoms with E-state index in [0.717, 1.165) is 13.0 Å². The van der Waals surface area contributed by atoms with Gasteiger partial charge in [-0.1, -0.05) is 11.6 Å². The molecule has 1 unspecified atom stereocenters. The number of hydrogen-bond acceptors (Lipinski definition) is 3. The molecular weight excluding hydrogens is 297 g/mol. The molecule has 2 atom stereocenters. The van der Waals surface area contributed by atoms with Crippen molar-refractivity contribution in [3.63, 3.8) is 0 Å². The van der Waals surface area contributed by atoms with Gasteiger partial charge in [0.2, 0.25) is 5.91 Å². The molecular formula is C12H12ClF3N2O2.